The highest BCUT2D eigenvalue weighted by atomic mass is 79.9. The molecule has 4 nitrogen and oxygen atoms in total. The molecule has 0 bridgehead atoms. The van der Waals surface area contributed by atoms with E-state index >= 15 is 0 Å². The Bertz CT molecular complexity index is 431. The third kappa shape index (κ3) is 3.19. The van der Waals surface area contributed by atoms with Crippen LogP contribution in [0.5, 0.6) is 0 Å². The Morgan fingerprint density at radius 3 is 2.26 bits per heavy atom. The summed E-state index contributed by atoms with van der Waals surface area (Å²) < 4.78 is 0.946. The van der Waals surface area contributed by atoms with Crippen molar-refractivity contribution in [2.45, 2.75) is 32.6 Å². The maximum absolute atomic E-state index is 4.34. The average molecular weight is 325 g/mol. The molecule has 104 valence electrons. The predicted molar refractivity (Wildman–Crippen MR) is 81.3 cm³/mol. The van der Waals surface area contributed by atoms with Gasteiger partial charge >= 0.3 is 0 Å². The van der Waals surface area contributed by atoms with Gasteiger partial charge in [-0.15, -0.1) is 0 Å². The minimum absolute atomic E-state index is 0.851. The van der Waals surface area contributed by atoms with E-state index in [9.17, 15) is 0 Å². The number of hydrogen-bond acceptors (Lipinski definition) is 4. The maximum Gasteiger partial charge on any atom is 0.145 e. The normalized spacial score (nSPS) is 18.7. The molecule has 2 aliphatic rings. The molecule has 1 aromatic heterocycles. The van der Waals surface area contributed by atoms with Crippen molar-refractivity contribution < 1.29 is 0 Å². The molecule has 1 aromatic rings. The highest BCUT2D eigenvalue weighted by Crippen LogP contribution is 2.49. The third-order valence-corrected chi connectivity index (χ3v) is 4.85. The Labute approximate surface area is 122 Å². The summed E-state index contributed by atoms with van der Waals surface area (Å²) in [5.74, 6) is 4.57. The Hall–Kier alpha value is -0.840. The van der Waals surface area contributed by atoms with Crippen LogP contribution >= 0.6 is 15.9 Å². The SMILES string of the molecule is CCNc1ncnc(NCC(C2CC2)C2CC2)c1Br. The van der Waals surface area contributed by atoms with E-state index < -0.39 is 0 Å². The van der Waals surface area contributed by atoms with E-state index in [1.54, 1.807) is 6.33 Å². The largest absolute Gasteiger partial charge is 0.369 e. The van der Waals surface area contributed by atoms with Crippen LogP contribution < -0.4 is 10.6 Å². The standard InChI is InChI=1S/C14H21BrN4/c1-2-16-13-12(15)14(19-8-18-13)17-7-11(9-3-4-9)10-5-6-10/h8-11H,2-7H2,1H3,(H2,16,17,18,19). The summed E-state index contributed by atoms with van der Waals surface area (Å²) in [6, 6.07) is 0. The van der Waals surface area contributed by atoms with Crippen LogP contribution in [0.15, 0.2) is 10.8 Å². The van der Waals surface area contributed by atoms with Crippen LogP contribution in [0.1, 0.15) is 32.6 Å². The quantitative estimate of drug-likeness (QED) is 0.805. The first-order valence-electron chi connectivity index (χ1n) is 7.27. The van der Waals surface area contributed by atoms with Gasteiger partial charge < -0.3 is 10.6 Å². The number of nitrogens with zero attached hydrogens (tertiary/aromatic N) is 2. The van der Waals surface area contributed by atoms with Crippen LogP contribution in [0, 0.1) is 17.8 Å². The van der Waals surface area contributed by atoms with Crippen molar-refractivity contribution >= 4 is 27.6 Å². The molecule has 2 N–H and O–H groups in total. The monoisotopic (exact) mass is 324 g/mol. The lowest BCUT2D eigenvalue weighted by molar-refractivity contribution is 0.427. The van der Waals surface area contributed by atoms with Gasteiger partial charge in [0.25, 0.3) is 0 Å². The second-order valence-electron chi connectivity index (χ2n) is 5.63. The van der Waals surface area contributed by atoms with E-state index in [0.717, 1.165) is 47.0 Å². The Balaban J connectivity index is 1.63. The average Bonchev–Trinajstić information content (AvgIpc) is 3.27. The Morgan fingerprint density at radius 2 is 1.74 bits per heavy atom. The molecule has 3 rings (SSSR count). The minimum atomic E-state index is 0.851. The van der Waals surface area contributed by atoms with Crippen molar-refractivity contribution in [3.05, 3.63) is 10.8 Å². The molecule has 0 unspecified atom stereocenters. The van der Waals surface area contributed by atoms with Crippen molar-refractivity contribution in [2.75, 3.05) is 23.7 Å². The smallest absolute Gasteiger partial charge is 0.145 e. The van der Waals surface area contributed by atoms with Gasteiger partial charge in [0.1, 0.15) is 22.4 Å². The second-order valence-corrected chi connectivity index (χ2v) is 6.43. The molecule has 5 heteroatoms. The van der Waals surface area contributed by atoms with Crippen LogP contribution in [0.25, 0.3) is 0 Å². The Morgan fingerprint density at radius 1 is 1.16 bits per heavy atom. The summed E-state index contributed by atoms with van der Waals surface area (Å²) in [6.07, 6.45) is 7.33. The molecular weight excluding hydrogens is 304 g/mol. The zero-order chi connectivity index (χ0) is 13.2. The molecule has 0 aromatic carbocycles. The van der Waals surface area contributed by atoms with Crippen LogP contribution in [0.4, 0.5) is 11.6 Å². The summed E-state index contributed by atoms with van der Waals surface area (Å²) in [6.45, 7) is 3.98. The fourth-order valence-corrected chi connectivity index (χ4v) is 3.25. The van der Waals surface area contributed by atoms with Gasteiger partial charge in [0, 0.05) is 13.1 Å². The molecule has 0 aliphatic heterocycles. The number of rotatable bonds is 7. The molecule has 0 atom stereocenters. The molecule has 0 spiro atoms. The van der Waals surface area contributed by atoms with Crippen molar-refractivity contribution in [3.8, 4) is 0 Å². The van der Waals surface area contributed by atoms with Gasteiger partial charge in [-0.25, -0.2) is 9.97 Å². The molecular formula is C14H21BrN4. The van der Waals surface area contributed by atoms with Crippen molar-refractivity contribution in [3.63, 3.8) is 0 Å². The number of halogens is 1. The van der Waals surface area contributed by atoms with Crippen molar-refractivity contribution in [1.82, 2.24) is 9.97 Å². The van der Waals surface area contributed by atoms with Crippen LogP contribution in [0.3, 0.4) is 0 Å². The van der Waals surface area contributed by atoms with Gasteiger partial charge in [0.05, 0.1) is 0 Å². The minimum Gasteiger partial charge on any atom is -0.369 e. The maximum atomic E-state index is 4.34. The van der Waals surface area contributed by atoms with Crippen LogP contribution in [-0.4, -0.2) is 23.1 Å². The van der Waals surface area contributed by atoms with E-state index in [1.807, 2.05) is 0 Å². The fourth-order valence-electron chi connectivity index (χ4n) is 2.77. The van der Waals surface area contributed by atoms with Crippen LogP contribution in [-0.2, 0) is 0 Å². The van der Waals surface area contributed by atoms with E-state index in [0.29, 0.717) is 0 Å². The topological polar surface area (TPSA) is 49.8 Å². The van der Waals surface area contributed by atoms with Crippen molar-refractivity contribution in [2.24, 2.45) is 17.8 Å². The lowest BCUT2D eigenvalue weighted by atomic mass is 9.98. The lowest BCUT2D eigenvalue weighted by Gasteiger charge is -2.17. The zero-order valence-corrected chi connectivity index (χ0v) is 12.9. The predicted octanol–water partition coefficient (Wildman–Crippen LogP) is 3.52. The molecule has 2 aliphatic carbocycles. The van der Waals surface area contributed by atoms with E-state index in [2.05, 4.69) is 43.5 Å². The van der Waals surface area contributed by atoms with Gasteiger partial charge in [-0.1, -0.05) is 0 Å². The summed E-state index contributed by atoms with van der Waals surface area (Å²) in [5.41, 5.74) is 0. The Kier molecular flexibility index (Phi) is 3.91. The number of hydrogen-bond donors (Lipinski definition) is 2. The summed E-state index contributed by atoms with van der Waals surface area (Å²) in [5, 5.41) is 6.75. The molecule has 0 amide bonds. The molecule has 2 saturated carbocycles. The van der Waals surface area contributed by atoms with Crippen molar-refractivity contribution in [1.29, 1.82) is 0 Å². The lowest BCUT2D eigenvalue weighted by Crippen LogP contribution is -2.19. The van der Waals surface area contributed by atoms with Gasteiger partial charge in [0.15, 0.2) is 0 Å². The third-order valence-electron chi connectivity index (χ3n) is 4.09. The number of nitrogens with one attached hydrogen (secondary N) is 2. The second kappa shape index (κ2) is 5.65. The highest BCUT2D eigenvalue weighted by molar-refractivity contribution is 9.10. The molecule has 0 saturated heterocycles. The molecule has 2 fully saturated rings. The van der Waals surface area contributed by atoms with Gasteiger partial charge in [0.2, 0.25) is 0 Å². The van der Waals surface area contributed by atoms with E-state index in [1.165, 1.54) is 25.7 Å². The van der Waals surface area contributed by atoms with E-state index in [-0.39, 0.29) is 0 Å². The van der Waals surface area contributed by atoms with Gasteiger partial charge in [-0.05, 0) is 66.3 Å². The first-order chi connectivity index (χ1) is 9.29. The van der Waals surface area contributed by atoms with E-state index in [4.69, 9.17) is 0 Å². The van der Waals surface area contributed by atoms with Gasteiger partial charge in [-0.3, -0.25) is 0 Å². The highest BCUT2D eigenvalue weighted by Gasteiger charge is 2.41. The number of anilines is 2. The molecule has 0 radical (unpaired) electrons. The first kappa shape index (κ1) is 13.2. The van der Waals surface area contributed by atoms with Crippen LogP contribution in [0.2, 0.25) is 0 Å². The molecule has 19 heavy (non-hydrogen) atoms. The summed E-state index contributed by atoms with van der Waals surface area (Å²) >= 11 is 3.59. The summed E-state index contributed by atoms with van der Waals surface area (Å²) in [7, 11) is 0. The zero-order valence-electron chi connectivity index (χ0n) is 11.3. The molecule has 1 heterocycles. The number of aromatic nitrogens is 2. The summed E-state index contributed by atoms with van der Waals surface area (Å²) in [4.78, 5) is 8.59. The fraction of sp³-hybridized carbons (Fsp3) is 0.714. The first-order valence-corrected chi connectivity index (χ1v) is 8.07. The van der Waals surface area contributed by atoms with Gasteiger partial charge in [-0.2, -0.15) is 0 Å².